The Morgan fingerprint density at radius 3 is 2.89 bits per heavy atom. The summed E-state index contributed by atoms with van der Waals surface area (Å²) in [6.45, 7) is 3.80. The molecule has 0 aliphatic heterocycles. The third-order valence-corrected chi connectivity index (χ3v) is 5.21. The molecular formula is C12H20N4OS2. The Kier molecular flexibility index (Phi) is 4.81. The summed E-state index contributed by atoms with van der Waals surface area (Å²) < 4.78 is 5.14. The van der Waals surface area contributed by atoms with Crippen LogP contribution in [-0.2, 0) is 4.79 Å². The second kappa shape index (κ2) is 6.19. The van der Waals surface area contributed by atoms with Gasteiger partial charge in [0, 0.05) is 11.8 Å². The van der Waals surface area contributed by atoms with Crippen LogP contribution < -0.4 is 11.1 Å². The molecule has 1 aromatic rings. The van der Waals surface area contributed by atoms with E-state index in [9.17, 15) is 4.79 Å². The fourth-order valence-corrected chi connectivity index (χ4v) is 3.52. The third-order valence-electron chi connectivity index (χ3n) is 3.20. The standard InChI is InChI=1S/C12H20N4OS2/c1-8-14-11(19-16-8)18-7-3-6-12(2,10(13)17)15-9-4-5-9/h9,15H,3-7H2,1-2H3,(H2,13,17). The Morgan fingerprint density at radius 1 is 1.63 bits per heavy atom. The number of carbonyl (C=O) groups is 1. The zero-order valence-electron chi connectivity index (χ0n) is 11.3. The van der Waals surface area contributed by atoms with Crippen molar-refractivity contribution in [3.8, 4) is 0 Å². The van der Waals surface area contributed by atoms with Gasteiger partial charge in [-0.25, -0.2) is 4.98 Å². The van der Waals surface area contributed by atoms with Crippen molar-refractivity contribution in [2.45, 2.75) is 55.5 Å². The summed E-state index contributed by atoms with van der Waals surface area (Å²) in [6.07, 6.45) is 4.01. The predicted molar refractivity (Wildman–Crippen MR) is 78.4 cm³/mol. The van der Waals surface area contributed by atoms with Gasteiger partial charge in [0.05, 0.1) is 5.54 Å². The van der Waals surface area contributed by atoms with Crippen molar-refractivity contribution in [1.82, 2.24) is 14.7 Å². The fourth-order valence-electron chi connectivity index (χ4n) is 1.87. The van der Waals surface area contributed by atoms with Crippen LogP contribution in [0.15, 0.2) is 4.34 Å². The van der Waals surface area contributed by atoms with E-state index in [4.69, 9.17) is 5.73 Å². The molecule has 0 spiro atoms. The molecule has 0 radical (unpaired) electrons. The lowest BCUT2D eigenvalue weighted by molar-refractivity contribution is -0.124. The zero-order chi connectivity index (χ0) is 13.9. The number of hydrogen-bond acceptors (Lipinski definition) is 6. The summed E-state index contributed by atoms with van der Waals surface area (Å²) in [6, 6.07) is 0.482. The minimum absolute atomic E-state index is 0.254. The lowest BCUT2D eigenvalue weighted by Gasteiger charge is -2.27. The number of primary amides is 1. The number of rotatable bonds is 8. The summed E-state index contributed by atoms with van der Waals surface area (Å²) in [4.78, 5) is 15.9. The lowest BCUT2D eigenvalue weighted by Crippen LogP contribution is -2.54. The van der Waals surface area contributed by atoms with Crippen molar-refractivity contribution < 1.29 is 4.79 Å². The minimum Gasteiger partial charge on any atom is -0.368 e. The number of hydrogen-bond donors (Lipinski definition) is 2. The average molecular weight is 300 g/mol. The molecular weight excluding hydrogens is 280 g/mol. The van der Waals surface area contributed by atoms with E-state index in [-0.39, 0.29) is 5.91 Å². The number of thioether (sulfide) groups is 1. The summed E-state index contributed by atoms with van der Waals surface area (Å²) in [5, 5.41) is 3.36. The topological polar surface area (TPSA) is 80.9 Å². The highest BCUT2D eigenvalue weighted by molar-refractivity contribution is 8.00. The van der Waals surface area contributed by atoms with E-state index in [1.807, 2.05) is 13.8 Å². The molecule has 0 aromatic carbocycles. The van der Waals surface area contributed by atoms with E-state index in [0.717, 1.165) is 41.6 Å². The van der Waals surface area contributed by atoms with Crippen LogP contribution >= 0.6 is 23.3 Å². The molecule has 0 bridgehead atoms. The third kappa shape index (κ3) is 4.43. The Hall–Kier alpha value is -0.660. The van der Waals surface area contributed by atoms with Gasteiger partial charge in [-0.2, -0.15) is 4.37 Å². The normalized spacial score (nSPS) is 18.2. The maximum atomic E-state index is 11.6. The maximum Gasteiger partial charge on any atom is 0.237 e. The van der Waals surface area contributed by atoms with Crippen molar-refractivity contribution in [2.75, 3.05) is 5.75 Å². The molecule has 106 valence electrons. The molecule has 3 N–H and O–H groups in total. The van der Waals surface area contributed by atoms with Crippen LogP contribution in [0.4, 0.5) is 0 Å². The lowest BCUT2D eigenvalue weighted by atomic mass is 9.95. The minimum atomic E-state index is -0.571. The van der Waals surface area contributed by atoms with E-state index in [1.165, 1.54) is 11.5 Å². The molecule has 5 nitrogen and oxygen atoms in total. The van der Waals surface area contributed by atoms with Gasteiger partial charge in [-0.05, 0) is 51.1 Å². The van der Waals surface area contributed by atoms with Crippen molar-refractivity contribution in [3.05, 3.63) is 5.82 Å². The van der Waals surface area contributed by atoms with E-state index in [1.54, 1.807) is 11.8 Å². The quantitative estimate of drug-likeness (QED) is 0.564. The van der Waals surface area contributed by atoms with Crippen LogP contribution in [0, 0.1) is 6.92 Å². The zero-order valence-corrected chi connectivity index (χ0v) is 12.9. The Bertz CT molecular complexity index is 447. The van der Waals surface area contributed by atoms with Gasteiger partial charge >= 0.3 is 0 Å². The smallest absolute Gasteiger partial charge is 0.237 e. The average Bonchev–Trinajstić information content (AvgIpc) is 3.05. The molecule has 2 rings (SSSR count). The van der Waals surface area contributed by atoms with Gasteiger partial charge in [0.15, 0.2) is 4.34 Å². The molecule has 1 saturated carbocycles. The molecule has 1 atom stereocenters. The van der Waals surface area contributed by atoms with Gasteiger partial charge in [0.25, 0.3) is 0 Å². The van der Waals surface area contributed by atoms with Crippen LogP contribution in [0.3, 0.4) is 0 Å². The molecule has 19 heavy (non-hydrogen) atoms. The van der Waals surface area contributed by atoms with Gasteiger partial charge in [0.2, 0.25) is 5.91 Å². The van der Waals surface area contributed by atoms with Crippen LogP contribution in [0.1, 0.15) is 38.4 Å². The molecule has 0 saturated heterocycles. The Balaban J connectivity index is 1.74. The van der Waals surface area contributed by atoms with E-state index in [0.29, 0.717) is 6.04 Å². The van der Waals surface area contributed by atoms with Crippen molar-refractivity contribution in [2.24, 2.45) is 5.73 Å². The van der Waals surface area contributed by atoms with Crippen LogP contribution in [-0.4, -0.2) is 32.6 Å². The Labute approximate surface area is 121 Å². The molecule has 1 aliphatic rings. The second-order valence-corrected chi connectivity index (χ2v) is 7.27. The van der Waals surface area contributed by atoms with Crippen molar-refractivity contribution in [3.63, 3.8) is 0 Å². The van der Waals surface area contributed by atoms with Crippen LogP contribution in [0.5, 0.6) is 0 Å². The van der Waals surface area contributed by atoms with Gasteiger partial charge in [0.1, 0.15) is 5.82 Å². The summed E-state index contributed by atoms with van der Waals surface area (Å²) in [5.74, 6) is 1.50. The monoisotopic (exact) mass is 300 g/mol. The first-order valence-electron chi connectivity index (χ1n) is 6.50. The number of nitrogens with two attached hydrogens (primary N) is 1. The summed E-state index contributed by atoms with van der Waals surface area (Å²) >= 11 is 3.12. The first-order valence-corrected chi connectivity index (χ1v) is 8.26. The number of nitrogens with zero attached hydrogens (tertiary/aromatic N) is 2. The Morgan fingerprint density at radius 2 is 2.37 bits per heavy atom. The highest BCUT2D eigenvalue weighted by Gasteiger charge is 2.36. The molecule has 1 amide bonds. The number of aryl methyl sites for hydroxylation is 1. The van der Waals surface area contributed by atoms with E-state index in [2.05, 4.69) is 14.7 Å². The second-order valence-electron chi connectivity index (χ2n) is 5.17. The number of carbonyl (C=O) groups excluding carboxylic acids is 1. The maximum absolute atomic E-state index is 11.6. The largest absolute Gasteiger partial charge is 0.368 e. The molecule has 1 fully saturated rings. The van der Waals surface area contributed by atoms with Gasteiger partial charge in [-0.15, -0.1) is 0 Å². The van der Waals surface area contributed by atoms with Crippen molar-refractivity contribution >= 4 is 29.2 Å². The predicted octanol–water partition coefficient (Wildman–Crippen LogP) is 1.71. The molecule has 7 heteroatoms. The highest BCUT2D eigenvalue weighted by atomic mass is 32.2. The first kappa shape index (κ1) is 14.7. The number of aromatic nitrogens is 2. The van der Waals surface area contributed by atoms with Gasteiger partial charge in [-0.1, -0.05) is 11.8 Å². The molecule has 1 unspecified atom stereocenters. The van der Waals surface area contributed by atoms with Crippen LogP contribution in [0.25, 0.3) is 0 Å². The van der Waals surface area contributed by atoms with Gasteiger partial charge < -0.3 is 11.1 Å². The first-order chi connectivity index (χ1) is 8.99. The van der Waals surface area contributed by atoms with Gasteiger partial charge in [-0.3, -0.25) is 4.79 Å². The molecule has 1 heterocycles. The number of nitrogens with one attached hydrogen (secondary N) is 1. The molecule has 1 aliphatic carbocycles. The van der Waals surface area contributed by atoms with E-state index < -0.39 is 5.54 Å². The number of amides is 1. The van der Waals surface area contributed by atoms with Crippen molar-refractivity contribution in [1.29, 1.82) is 0 Å². The summed E-state index contributed by atoms with van der Waals surface area (Å²) in [7, 11) is 0. The molecule has 1 aromatic heterocycles. The van der Waals surface area contributed by atoms with Crippen LogP contribution in [0.2, 0.25) is 0 Å². The SMILES string of the molecule is Cc1nsc(SCCCC(C)(NC2CC2)C(N)=O)n1. The van der Waals surface area contributed by atoms with E-state index >= 15 is 0 Å². The fraction of sp³-hybridized carbons (Fsp3) is 0.750. The highest BCUT2D eigenvalue weighted by Crippen LogP contribution is 2.26. The summed E-state index contributed by atoms with van der Waals surface area (Å²) in [5.41, 5.74) is 4.94.